The fourth-order valence-electron chi connectivity index (χ4n) is 7.95. The molecule has 0 spiro atoms. The summed E-state index contributed by atoms with van der Waals surface area (Å²) in [6.45, 7) is 4.60. The number of rotatable bonds is 20. The monoisotopic (exact) mass is 1030 g/mol. The predicted molar refractivity (Wildman–Crippen MR) is 280 cm³/mol. The molecular weight excluding hydrogens is 967 g/mol. The molecular formula is C62H62F6N2O5. The van der Waals surface area contributed by atoms with Gasteiger partial charge in [0.25, 0.3) is 0 Å². The Hall–Kier alpha value is -7.61. The lowest BCUT2D eigenvalue weighted by Gasteiger charge is -2.21. The van der Waals surface area contributed by atoms with E-state index in [0.717, 1.165) is 69.8 Å². The number of carbonyl (C=O) groups is 3. The van der Waals surface area contributed by atoms with Gasteiger partial charge in [-0.2, -0.15) is 26.3 Å². The van der Waals surface area contributed by atoms with Gasteiger partial charge in [-0.05, 0) is 132 Å². The maximum absolute atomic E-state index is 12.8. The van der Waals surface area contributed by atoms with E-state index in [0.29, 0.717) is 23.2 Å². The summed E-state index contributed by atoms with van der Waals surface area (Å²) in [7, 11) is 0. The number of benzene rings is 6. The third kappa shape index (κ3) is 21.0. The molecule has 0 saturated heterocycles. The van der Waals surface area contributed by atoms with Crippen LogP contribution in [0.1, 0.15) is 132 Å². The molecule has 0 fully saturated rings. The van der Waals surface area contributed by atoms with Crippen LogP contribution in [0.15, 0.2) is 146 Å². The van der Waals surface area contributed by atoms with E-state index in [4.69, 9.17) is 0 Å². The Bertz CT molecular complexity index is 2860. The summed E-state index contributed by atoms with van der Waals surface area (Å²) in [5, 5.41) is 18.5. The molecule has 75 heavy (non-hydrogen) atoms. The van der Waals surface area contributed by atoms with Gasteiger partial charge in [-0.25, -0.2) is 4.79 Å². The van der Waals surface area contributed by atoms with Crippen LogP contribution in [0.2, 0.25) is 0 Å². The first kappa shape index (κ1) is 58.3. The molecule has 6 aromatic rings. The van der Waals surface area contributed by atoms with E-state index >= 15 is 0 Å². The zero-order valence-corrected chi connectivity index (χ0v) is 42.2. The highest BCUT2D eigenvalue weighted by atomic mass is 19.4. The van der Waals surface area contributed by atoms with Crippen molar-refractivity contribution >= 4 is 17.8 Å². The van der Waals surface area contributed by atoms with Gasteiger partial charge in [0, 0.05) is 48.4 Å². The van der Waals surface area contributed by atoms with Gasteiger partial charge in [0.1, 0.15) is 0 Å². The highest BCUT2D eigenvalue weighted by molar-refractivity contribution is 6.31. The molecule has 392 valence electrons. The Morgan fingerprint density at radius 2 is 0.707 bits per heavy atom. The van der Waals surface area contributed by atoms with Crippen LogP contribution in [0.25, 0.3) is 0 Å². The number of nitrogens with zero attached hydrogens (tertiary/aromatic N) is 2. The summed E-state index contributed by atoms with van der Waals surface area (Å²) in [4.78, 5) is 37.7. The van der Waals surface area contributed by atoms with Crippen LogP contribution in [-0.2, 0) is 65.8 Å². The number of alkyl halides is 6. The number of halogens is 6. The minimum atomic E-state index is -4.48. The standard InChI is InChI=1S/C32H32F3NO3.C30H30F3NO2/c1-2-3-4-5-6-7-24-8-10-25(11-9-24)12-13-26-14-16-27(17-15-26)22-36(30(37)31(38)39)23-28-18-20-29(21-19-28)32(33,34)35;1-2-3-4-5-23-6-8-24(9-7-23)10-11-25-12-14-26(15-13-25)20-34(22-29(35)36)21-27-16-18-28(19-17-27)30(31,32)33/h8-11,14-21H,2-7,22-23H2,1H3,(H,38,39);6-9,12-19H,2-5,20-22H2,1H3,(H,35,36). The molecule has 0 radical (unpaired) electrons. The number of carboxylic acid groups (broad SMARTS) is 2. The largest absolute Gasteiger partial charge is 0.480 e. The van der Waals surface area contributed by atoms with E-state index in [-0.39, 0.29) is 26.2 Å². The van der Waals surface area contributed by atoms with Crippen molar-refractivity contribution in [2.75, 3.05) is 6.54 Å². The first-order chi connectivity index (χ1) is 35.9. The molecule has 6 rings (SSSR count). The molecule has 0 aliphatic rings. The quantitative estimate of drug-likeness (QED) is 0.0342. The number of amides is 1. The highest BCUT2D eigenvalue weighted by Gasteiger charge is 2.31. The van der Waals surface area contributed by atoms with Gasteiger partial charge in [-0.15, -0.1) is 0 Å². The van der Waals surface area contributed by atoms with Gasteiger partial charge in [-0.1, -0.05) is 149 Å². The Balaban J connectivity index is 0.000000278. The Morgan fingerprint density at radius 3 is 1.03 bits per heavy atom. The zero-order valence-electron chi connectivity index (χ0n) is 42.2. The second-order valence-electron chi connectivity index (χ2n) is 18.3. The second-order valence-corrected chi connectivity index (χ2v) is 18.3. The lowest BCUT2D eigenvalue weighted by atomic mass is 10.0. The maximum Gasteiger partial charge on any atom is 0.416 e. The molecule has 0 aliphatic carbocycles. The second kappa shape index (κ2) is 29.3. The van der Waals surface area contributed by atoms with Gasteiger partial charge >= 0.3 is 30.2 Å². The average molecular weight is 1030 g/mol. The number of carboxylic acids is 2. The van der Waals surface area contributed by atoms with Gasteiger partial charge < -0.3 is 15.1 Å². The first-order valence-electron chi connectivity index (χ1n) is 25.1. The molecule has 0 aromatic heterocycles. The van der Waals surface area contributed by atoms with Gasteiger partial charge in [-0.3, -0.25) is 14.5 Å². The van der Waals surface area contributed by atoms with E-state index in [1.807, 2.05) is 48.5 Å². The zero-order chi connectivity index (χ0) is 54.2. The number of hydrogen-bond donors (Lipinski definition) is 2. The average Bonchev–Trinajstić information content (AvgIpc) is 3.38. The summed E-state index contributed by atoms with van der Waals surface area (Å²) in [6.07, 6.45) is 3.17. The van der Waals surface area contributed by atoms with Crippen LogP contribution in [0.5, 0.6) is 0 Å². The third-order valence-electron chi connectivity index (χ3n) is 12.1. The lowest BCUT2D eigenvalue weighted by molar-refractivity contribution is -0.156. The topological polar surface area (TPSA) is 98.2 Å². The summed E-state index contributed by atoms with van der Waals surface area (Å²) in [5.41, 5.74) is 7.12. The first-order valence-corrected chi connectivity index (χ1v) is 25.1. The smallest absolute Gasteiger partial charge is 0.416 e. The van der Waals surface area contributed by atoms with E-state index in [2.05, 4.69) is 61.8 Å². The maximum atomic E-state index is 12.8. The Morgan fingerprint density at radius 1 is 0.413 bits per heavy atom. The van der Waals surface area contributed by atoms with Gasteiger partial charge in [0.15, 0.2) is 0 Å². The fraction of sp³-hybridized carbons (Fsp3) is 0.306. The number of hydrogen-bond acceptors (Lipinski definition) is 4. The van der Waals surface area contributed by atoms with Crippen LogP contribution in [0, 0.1) is 23.7 Å². The molecule has 0 heterocycles. The molecule has 6 aromatic carbocycles. The number of aryl methyl sites for hydroxylation is 2. The summed E-state index contributed by atoms with van der Waals surface area (Å²) in [5.74, 6) is 8.81. The van der Waals surface area contributed by atoms with Crippen molar-refractivity contribution in [3.8, 4) is 23.7 Å². The number of unbranched alkanes of at least 4 members (excludes halogenated alkanes) is 6. The van der Waals surface area contributed by atoms with Crippen LogP contribution in [-0.4, -0.2) is 44.4 Å². The van der Waals surface area contributed by atoms with Crippen LogP contribution >= 0.6 is 0 Å². The molecule has 7 nitrogen and oxygen atoms in total. The van der Waals surface area contributed by atoms with Crippen molar-refractivity contribution in [3.63, 3.8) is 0 Å². The predicted octanol–water partition coefficient (Wildman–Crippen LogP) is 14.2. The molecule has 0 unspecified atom stereocenters. The summed E-state index contributed by atoms with van der Waals surface area (Å²) < 4.78 is 76.9. The molecule has 0 bridgehead atoms. The van der Waals surface area contributed by atoms with E-state index in [1.165, 1.54) is 86.8 Å². The number of carbonyl (C=O) groups excluding carboxylic acids is 1. The molecule has 0 aliphatic heterocycles. The van der Waals surface area contributed by atoms with Crippen LogP contribution < -0.4 is 0 Å². The minimum Gasteiger partial charge on any atom is -0.480 e. The molecule has 2 N–H and O–H groups in total. The summed E-state index contributed by atoms with van der Waals surface area (Å²) >= 11 is 0. The lowest BCUT2D eigenvalue weighted by Crippen LogP contribution is -2.35. The van der Waals surface area contributed by atoms with Crippen LogP contribution in [0.4, 0.5) is 26.3 Å². The van der Waals surface area contributed by atoms with Crippen molar-refractivity contribution in [2.45, 2.75) is 117 Å². The van der Waals surface area contributed by atoms with Crippen LogP contribution in [0.3, 0.4) is 0 Å². The normalized spacial score (nSPS) is 11.1. The van der Waals surface area contributed by atoms with Gasteiger partial charge in [0.05, 0.1) is 17.7 Å². The van der Waals surface area contributed by atoms with Crippen molar-refractivity contribution in [2.24, 2.45) is 0 Å². The highest BCUT2D eigenvalue weighted by Crippen LogP contribution is 2.30. The van der Waals surface area contributed by atoms with Crippen molar-refractivity contribution in [3.05, 3.63) is 212 Å². The summed E-state index contributed by atoms with van der Waals surface area (Å²) in [6, 6.07) is 40.3. The van der Waals surface area contributed by atoms with Gasteiger partial charge in [0.2, 0.25) is 0 Å². The van der Waals surface area contributed by atoms with Crippen molar-refractivity contribution in [1.82, 2.24) is 9.80 Å². The number of aliphatic carboxylic acids is 2. The molecule has 13 heteroatoms. The van der Waals surface area contributed by atoms with E-state index in [9.17, 15) is 50.9 Å². The molecule has 1 amide bonds. The Kier molecular flexibility index (Phi) is 22.8. The van der Waals surface area contributed by atoms with Crippen molar-refractivity contribution in [1.29, 1.82) is 0 Å². The minimum absolute atomic E-state index is 0.0141. The van der Waals surface area contributed by atoms with E-state index in [1.54, 1.807) is 29.2 Å². The molecule has 0 atom stereocenters. The molecule has 0 saturated carbocycles. The SMILES string of the molecule is CCCCCCCc1ccc(C#Cc2ccc(CN(Cc3ccc(C(F)(F)F)cc3)C(=O)C(=O)O)cc2)cc1.CCCCCc1ccc(C#Cc2ccc(CN(CC(=O)O)Cc3ccc(C(F)(F)F)cc3)cc2)cc1. The van der Waals surface area contributed by atoms with Crippen molar-refractivity contribution < 1.29 is 50.9 Å². The third-order valence-corrected chi connectivity index (χ3v) is 12.1. The van der Waals surface area contributed by atoms with E-state index < -0.39 is 41.3 Å². The fourth-order valence-corrected chi connectivity index (χ4v) is 7.95. The Labute approximate surface area is 436 Å².